The van der Waals surface area contributed by atoms with Crippen molar-refractivity contribution < 1.29 is 32.3 Å². The third-order valence-electron chi connectivity index (χ3n) is 2.65. The second-order valence-electron chi connectivity index (χ2n) is 4.47. The maximum atomic E-state index is 12.6. The summed E-state index contributed by atoms with van der Waals surface area (Å²) in [5.74, 6) is -1.99. The topological polar surface area (TPSA) is 84.5 Å². The van der Waals surface area contributed by atoms with Gasteiger partial charge in [-0.1, -0.05) is 6.07 Å². The lowest BCUT2D eigenvalue weighted by molar-refractivity contribution is -0.137. The number of carbonyl (C=O) groups is 3. The van der Waals surface area contributed by atoms with Crippen molar-refractivity contribution in [2.45, 2.75) is 26.1 Å². The molecule has 1 aromatic carbocycles. The second kappa shape index (κ2) is 7.61. The quantitative estimate of drug-likeness (QED) is 0.827. The number of imide groups is 1. The third-order valence-corrected chi connectivity index (χ3v) is 2.65. The molecule has 0 unspecified atom stereocenters. The van der Waals surface area contributed by atoms with Gasteiger partial charge in [-0.3, -0.25) is 10.1 Å². The molecule has 0 aliphatic carbocycles. The molecule has 0 saturated heterocycles. The molecule has 126 valence electrons. The molecule has 0 aliphatic rings. The van der Waals surface area contributed by atoms with Crippen LogP contribution in [0.15, 0.2) is 24.3 Å². The van der Waals surface area contributed by atoms with Crippen molar-refractivity contribution in [3.05, 3.63) is 35.4 Å². The minimum absolute atomic E-state index is 0.289. The van der Waals surface area contributed by atoms with Crippen LogP contribution in [-0.2, 0) is 15.7 Å². The van der Waals surface area contributed by atoms with E-state index in [0.717, 1.165) is 18.2 Å². The Balaban J connectivity index is 2.72. The van der Waals surface area contributed by atoms with Crippen LogP contribution >= 0.6 is 0 Å². The van der Waals surface area contributed by atoms with Crippen molar-refractivity contribution in [3.8, 4) is 0 Å². The van der Waals surface area contributed by atoms with E-state index in [0.29, 0.717) is 6.07 Å². The fourth-order valence-electron chi connectivity index (χ4n) is 1.52. The van der Waals surface area contributed by atoms with E-state index in [-0.39, 0.29) is 12.1 Å². The van der Waals surface area contributed by atoms with Crippen LogP contribution in [-0.4, -0.2) is 30.6 Å². The van der Waals surface area contributed by atoms with Gasteiger partial charge >= 0.3 is 18.2 Å². The summed E-state index contributed by atoms with van der Waals surface area (Å²) in [6.07, 6.45) is -5.95. The summed E-state index contributed by atoms with van der Waals surface area (Å²) in [4.78, 5) is 34.5. The average Bonchev–Trinajstić information content (AvgIpc) is 2.46. The summed E-state index contributed by atoms with van der Waals surface area (Å²) in [5.41, 5.74) is -1.36. The number of benzene rings is 1. The molecule has 3 amide bonds. The Morgan fingerprint density at radius 3 is 2.48 bits per heavy atom. The largest absolute Gasteiger partial charge is 0.449 e. The Hall–Kier alpha value is -2.58. The normalized spacial score (nSPS) is 12.2. The van der Waals surface area contributed by atoms with Crippen LogP contribution in [0.25, 0.3) is 0 Å². The molecule has 1 atom stereocenters. The van der Waals surface area contributed by atoms with Crippen LogP contribution in [0.4, 0.5) is 18.0 Å². The van der Waals surface area contributed by atoms with Crippen molar-refractivity contribution in [2.24, 2.45) is 0 Å². The van der Waals surface area contributed by atoms with Gasteiger partial charge in [0.1, 0.15) is 0 Å². The number of hydrogen-bond acceptors (Lipinski definition) is 4. The van der Waals surface area contributed by atoms with E-state index in [2.05, 4.69) is 5.32 Å². The SMILES string of the molecule is CCNC(=O)NC(=O)[C@@H](C)OC(=O)c1cccc(C(F)(F)F)c1. The molecule has 0 aliphatic heterocycles. The number of nitrogens with one attached hydrogen (secondary N) is 2. The minimum atomic E-state index is -4.60. The molecule has 2 N–H and O–H groups in total. The summed E-state index contributed by atoms with van der Waals surface area (Å²) in [7, 11) is 0. The first-order valence-corrected chi connectivity index (χ1v) is 6.62. The van der Waals surface area contributed by atoms with Gasteiger partial charge in [0, 0.05) is 6.54 Å². The van der Waals surface area contributed by atoms with Crippen molar-refractivity contribution >= 4 is 17.9 Å². The van der Waals surface area contributed by atoms with Gasteiger partial charge in [-0.25, -0.2) is 9.59 Å². The molecule has 0 fully saturated rings. The van der Waals surface area contributed by atoms with E-state index < -0.39 is 35.8 Å². The highest BCUT2D eigenvalue weighted by Crippen LogP contribution is 2.29. The molecule has 0 saturated carbocycles. The highest BCUT2D eigenvalue weighted by molar-refractivity contribution is 5.98. The smallest absolute Gasteiger partial charge is 0.416 e. The molecule has 0 aromatic heterocycles. The Kier molecular flexibility index (Phi) is 6.11. The number of urea groups is 1. The zero-order valence-electron chi connectivity index (χ0n) is 12.4. The fraction of sp³-hybridized carbons (Fsp3) is 0.357. The second-order valence-corrected chi connectivity index (χ2v) is 4.47. The Labute approximate surface area is 130 Å². The van der Waals surface area contributed by atoms with Gasteiger partial charge in [-0.05, 0) is 32.0 Å². The van der Waals surface area contributed by atoms with Crippen LogP contribution < -0.4 is 10.6 Å². The van der Waals surface area contributed by atoms with Gasteiger partial charge < -0.3 is 10.1 Å². The number of hydrogen-bond donors (Lipinski definition) is 2. The zero-order chi connectivity index (χ0) is 17.6. The van der Waals surface area contributed by atoms with Gasteiger partial charge in [-0.15, -0.1) is 0 Å². The van der Waals surface area contributed by atoms with Gasteiger partial charge in [0.15, 0.2) is 6.10 Å². The first kappa shape index (κ1) is 18.5. The number of ether oxygens (including phenoxy) is 1. The van der Waals surface area contributed by atoms with E-state index in [4.69, 9.17) is 4.74 Å². The van der Waals surface area contributed by atoms with Crippen molar-refractivity contribution in [1.29, 1.82) is 0 Å². The van der Waals surface area contributed by atoms with E-state index in [1.54, 1.807) is 6.92 Å². The Morgan fingerprint density at radius 2 is 1.91 bits per heavy atom. The number of esters is 1. The molecular formula is C14H15F3N2O4. The minimum Gasteiger partial charge on any atom is -0.449 e. The maximum Gasteiger partial charge on any atom is 0.416 e. The van der Waals surface area contributed by atoms with Crippen LogP contribution in [0.5, 0.6) is 0 Å². The maximum absolute atomic E-state index is 12.6. The van der Waals surface area contributed by atoms with Gasteiger partial charge in [0.05, 0.1) is 11.1 Å². The molecule has 0 bridgehead atoms. The lowest BCUT2D eigenvalue weighted by Gasteiger charge is -2.14. The summed E-state index contributed by atoms with van der Waals surface area (Å²) in [6.45, 7) is 3.12. The predicted octanol–water partition coefficient (Wildman–Crippen LogP) is 2.10. The van der Waals surface area contributed by atoms with Crippen LogP contribution in [0.3, 0.4) is 0 Å². The fourth-order valence-corrected chi connectivity index (χ4v) is 1.52. The molecule has 1 rings (SSSR count). The molecule has 9 heteroatoms. The number of halogens is 3. The van der Waals surface area contributed by atoms with Crippen LogP contribution in [0.1, 0.15) is 29.8 Å². The lowest BCUT2D eigenvalue weighted by Crippen LogP contribution is -2.44. The summed E-state index contributed by atoms with van der Waals surface area (Å²) in [5, 5.41) is 4.23. The highest BCUT2D eigenvalue weighted by Gasteiger charge is 2.31. The number of amides is 3. The van der Waals surface area contributed by atoms with E-state index in [9.17, 15) is 27.6 Å². The number of rotatable bonds is 4. The van der Waals surface area contributed by atoms with Crippen molar-refractivity contribution in [1.82, 2.24) is 10.6 Å². The molecule has 0 radical (unpaired) electrons. The molecule has 1 aromatic rings. The first-order valence-electron chi connectivity index (χ1n) is 6.62. The van der Waals surface area contributed by atoms with Gasteiger partial charge in [0.2, 0.25) is 0 Å². The van der Waals surface area contributed by atoms with Gasteiger partial charge in [-0.2, -0.15) is 13.2 Å². The van der Waals surface area contributed by atoms with E-state index >= 15 is 0 Å². The summed E-state index contributed by atoms with van der Waals surface area (Å²) < 4.78 is 42.5. The van der Waals surface area contributed by atoms with E-state index in [1.165, 1.54) is 6.92 Å². The average molecular weight is 332 g/mol. The number of carbonyl (C=O) groups excluding carboxylic acids is 3. The Morgan fingerprint density at radius 1 is 1.26 bits per heavy atom. The first-order chi connectivity index (χ1) is 10.6. The predicted molar refractivity (Wildman–Crippen MR) is 73.5 cm³/mol. The Bertz CT molecular complexity index is 602. The molecule has 23 heavy (non-hydrogen) atoms. The molecule has 0 spiro atoms. The highest BCUT2D eigenvalue weighted by atomic mass is 19.4. The molecular weight excluding hydrogens is 317 g/mol. The van der Waals surface area contributed by atoms with Crippen LogP contribution in [0.2, 0.25) is 0 Å². The zero-order valence-corrected chi connectivity index (χ0v) is 12.4. The van der Waals surface area contributed by atoms with Crippen molar-refractivity contribution in [2.75, 3.05) is 6.54 Å². The molecule has 0 heterocycles. The lowest BCUT2D eigenvalue weighted by atomic mass is 10.1. The van der Waals surface area contributed by atoms with Crippen LogP contribution in [0, 0.1) is 0 Å². The van der Waals surface area contributed by atoms with Gasteiger partial charge in [0.25, 0.3) is 5.91 Å². The molecule has 6 nitrogen and oxygen atoms in total. The number of alkyl halides is 3. The monoisotopic (exact) mass is 332 g/mol. The summed E-state index contributed by atoms with van der Waals surface area (Å²) >= 11 is 0. The standard InChI is InChI=1S/C14H15F3N2O4/c1-3-18-13(22)19-11(20)8(2)23-12(21)9-5-4-6-10(7-9)14(15,16)17/h4-8H,3H2,1-2H3,(H2,18,19,20,22)/t8-/m1/s1. The summed E-state index contributed by atoms with van der Waals surface area (Å²) in [6, 6.07) is 2.85. The third kappa shape index (κ3) is 5.61. The van der Waals surface area contributed by atoms with Crippen molar-refractivity contribution in [3.63, 3.8) is 0 Å². The van der Waals surface area contributed by atoms with E-state index in [1.807, 2.05) is 5.32 Å².